The van der Waals surface area contributed by atoms with Crippen LogP contribution in [0.5, 0.6) is 11.5 Å². The predicted molar refractivity (Wildman–Crippen MR) is 129 cm³/mol. The van der Waals surface area contributed by atoms with Gasteiger partial charge in [-0.15, -0.1) is 0 Å². The van der Waals surface area contributed by atoms with Crippen molar-refractivity contribution in [3.8, 4) is 11.5 Å². The van der Waals surface area contributed by atoms with Crippen LogP contribution in [0.1, 0.15) is 0 Å². The number of hydrogen-bond donors (Lipinski definition) is 1. The summed E-state index contributed by atoms with van der Waals surface area (Å²) in [6.45, 7) is 6.17. The molecule has 0 aliphatic carbocycles. The van der Waals surface area contributed by atoms with Crippen molar-refractivity contribution in [2.24, 2.45) is 0 Å². The molecule has 0 heterocycles. The maximum Gasteiger partial charge on any atom is 0.330 e. The lowest BCUT2D eigenvalue weighted by Gasteiger charge is -2.21. The van der Waals surface area contributed by atoms with Crippen LogP contribution in [0, 0.1) is 0 Å². The fourth-order valence-electron chi connectivity index (χ4n) is 3.14. The predicted octanol–water partition coefficient (Wildman–Crippen LogP) is 2.33. The number of hydrogen-bond acceptors (Lipinski definition) is 10. The highest BCUT2D eigenvalue weighted by Gasteiger charge is 2.25. The average Bonchev–Trinajstić information content (AvgIpc) is 2.85. The molecule has 0 amide bonds. The second kappa shape index (κ2) is 13.6. The molecule has 1 N–H and O–H groups in total. The number of ether oxygens (including phenoxy) is 6. The minimum absolute atomic E-state index is 0.00811. The number of benzene rings is 2. The number of fused-ring (bicyclic) bond motifs is 1. The molecule has 36 heavy (non-hydrogen) atoms. The Bertz CT molecular complexity index is 1190. The van der Waals surface area contributed by atoms with E-state index < -0.39 is 39.2 Å². The molecule has 2 aromatic rings. The van der Waals surface area contributed by atoms with Gasteiger partial charge in [-0.1, -0.05) is 37.4 Å². The van der Waals surface area contributed by atoms with E-state index in [1.165, 1.54) is 14.2 Å². The third kappa shape index (κ3) is 8.05. The van der Waals surface area contributed by atoms with Crippen LogP contribution in [0.15, 0.2) is 60.5 Å². The van der Waals surface area contributed by atoms with Crippen molar-refractivity contribution in [1.82, 2.24) is 0 Å². The molecule has 0 spiro atoms. The van der Waals surface area contributed by atoms with E-state index in [-0.39, 0.29) is 37.9 Å². The monoisotopic (exact) mass is 524 g/mol. The van der Waals surface area contributed by atoms with Crippen LogP contribution in [0.3, 0.4) is 0 Å². The van der Waals surface area contributed by atoms with Crippen LogP contribution in [-0.2, 0) is 38.7 Å². The lowest BCUT2D eigenvalue weighted by Crippen LogP contribution is -2.29. The van der Waals surface area contributed by atoms with E-state index >= 15 is 0 Å². The van der Waals surface area contributed by atoms with E-state index in [1.807, 2.05) is 0 Å². The van der Waals surface area contributed by atoms with Gasteiger partial charge in [0.25, 0.3) is 10.1 Å². The largest absolute Gasteiger partial charge is 0.489 e. The zero-order chi connectivity index (χ0) is 26.7. The van der Waals surface area contributed by atoms with E-state index in [4.69, 9.17) is 28.4 Å². The van der Waals surface area contributed by atoms with Crippen LogP contribution in [0.4, 0.5) is 0 Å². The summed E-state index contributed by atoms with van der Waals surface area (Å²) in [4.78, 5) is 22.6. The van der Waals surface area contributed by atoms with Crippen molar-refractivity contribution in [2.75, 3.05) is 40.6 Å². The molecule has 2 rings (SSSR count). The molecule has 196 valence electrons. The lowest BCUT2D eigenvalue weighted by atomic mass is 10.1. The molecule has 0 bridgehead atoms. The van der Waals surface area contributed by atoms with Gasteiger partial charge >= 0.3 is 11.9 Å². The maximum absolute atomic E-state index is 12.3. The molecule has 2 unspecified atom stereocenters. The van der Waals surface area contributed by atoms with Crippen LogP contribution < -0.4 is 9.47 Å². The normalized spacial score (nSPS) is 12.9. The standard InChI is InChI=1S/C24H28O11S/c1-5-22(25)34-16(12-30-3)14-32-20-11-21(36(27,28)29)24(19-10-8-7-9-18(19)20)33-15-17(13-31-4)35-23(26)6-2/h5-11,16-17H,1-2,12-15H2,3-4H3,(H,27,28,29). The first-order valence-electron chi connectivity index (χ1n) is 10.6. The third-order valence-electron chi connectivity index (χ3n) is 4.64. The van der Waals surface area contributed by atoms with Gasteiger partial charge in [0.1, 0.15) is 29.6 Å². The van der Waals surface area contributed by atoms with Gasteiger partial charge in [0.05, 0.1) is 13.2 Å². The first kappa shape index (κ1) is 28.8. The molecule has 0 saturated heterocycles. The molecular weight excluding hydrogens is 496 g/mol. The molecule has 0 fully saturated rings. The smallest absolute Gasteiger partial charge is 0.330 e. The van der Waals surface area contributed by atoms with E-state index in [0.29, 0.717) is 10.8 Å². The number of rotatable bonds is 15. The van der Waals surface area contributed by atoms with Gasteiger partial charge in [0, 0.05) is 43.2 Å². The zero-order valence-corrected chi connectivity index (χ0v) is 20.7. The third-order valence-corrected chi connectivity index (χ3v) is 5.50. The van der Waals surface area contributed by atoms with Crippen molar-refractivity contribution < 1.29 is 51.0 Å². The molecule has 0 radical (unpaired) electrons. The Morgan fingerprint density at radius 2 is 1.39 bits per heavy atom. The Morgan fingerprint density at radius 1 is 0.889 bits per heavy atom. The Morgan fingerprint density at radius 3 is 1.86 bits per heavy atom. The van der Waals surface area contributed by atoms with E-state index in [0.717, 1.165) is 18.2 Å². The van der Waals surface area contributed by atoms with Gasteiger partial charge in [0.2, 0.25) is 0 Å². The number of carbonyl (C=O) groups excluding carboxylic acids is 2. The second-order valence-corrected chi connectivity index (χ2v) is 8.67. The SMILES string of the molecule is C=CC(=O)OC(COC)COc1cc(S(=O)(=O)O)c(OCC(COC)OC(=O)C=C)c2ccccc12. The van der Waals surface area contributed by atoms with E-state index in [1.54, 1.807) is 24.3 Å². The van der Waals surface area contributed by atoms with Crippen molar-refractivity contribution in [1.29, 1.82) is 0 Å². The summed E-state index contributed by atoms with van der Waals surface area (Å²) in [7, 11) is -1.99. The Hall–Kier alpha value is -3.45. The van der Waals surface area contributed by atoms with Gasteiger partial charge in [-0.05, 0) is 0 Å². The lowest BCUT2D eigenvalue weighted by molar-refractivity contribution is -0.148. The Balaban J connectivity index is 2.46. The summed E-state index contributed by atoms with van der Waals surface area (Å²) >= 11 is 0. The molecule has 0 aliphatic rings. The molecule has 11 nitrogen and oxygen atoms in total. The van der Waals surface area contributed by atoms with Gasteiger partial charge in [-0.2, -0.15) is 8.42 Å². The summed E-state index contributed by atoms with van der Waals surface area (Å²) in [5.74, 6) is -1.50. The van der Waals surface area contributed by atoms with Gasteiger partial charge in [0.15, 0.2) is 12.2 Å². The average molecular weight is 525 g/mol. The second-order valence-electron chi connectivity index (χ2n) is 7.28. The highest BCUT2D eigenvalue weighted by Crippen LogP contribution is 2.39. The summed E-state index contributed by atoms with van der Waals surface area (Å²) in [5.41, 5.74) is 0. The van der Waals surface area contributed by atoms with Crippen LogP contribution >= 0.6 is 0 Å². The highest BCUT2D eigenvalue weighted by molar-refractivity contribution is 7.86. The van der Waals surface area contributed by atoms with Crippen LogP contribution in [0.25, 0.3) is 10.8 Å². The quantitative estimate of drug-likeness (QED) is 0.208. The molecule has 2 aromatic carbocycles. The van der Waals surface area contributed by atoms with Crippen molar-refractivity contribution in [3.63, 3.8) is 0 Å². The Labute approximate surface area is 208 Å². The first-order chi connectivity index (χ1) is 17.1. The first-order valence-corrected chi connectivity index (χ1v) is 12.0. The van der Waals surface area contributed by atoms with Gasteiger partial charge in [-0.3, -0.25) is 4.55 Å². The molecular formula is C24H28O11S. The molecule has 2 atom stereocenters. The van der Waals surface area contributed by atoms with Crippen LogP contribution in [0.2, 0.25) is 0 Å². The Kier molecular flexibility index (Phi) is 10.9. The molecule has 12 heteroatoms. The molecule has 0 aromatic heterocycles. The fraction of sp³-hybridized carbons (Fsp3) is 0.333. The topological polar surface area (TPSA) is 144 Å². The molecule has 0 aliphatic heterocycles. The summed E-state index contributed by atoms with van der Waals surface area (Å²) < 4.78 is 66.3. The van der Waals surface area contributed by atoms with Crippen molar-refractivity contribution in [2.45, 2.75) is 17.1 Å². The van der Waals surface area contributed by atoms with E-state index in [9.17, 15) is 22.6 Å². The summed E-state index contributed by atoms with van der Waals surface area (Å²) in [6, 6.07) is 7.63. The zero-order valence-electron chi connectivity index (χ0n) is 19.9. The maximum atomic E-state index is 12.3. The number of carbonyl (C=O) groups is 2. The van der Waals surface area contributed by atoms with Crippen molar-refractivity contribution in [3.05, 3.63) is 55.6 Å². The molecule has 0 saturated carbocycles. The van der Waals surface area contributed by atoms with Gasteiger partial charge in [-0.25, -0.2) is 9.59 Å². The summed E-state index contributed by atoms with van der Waals surface area (Å²) in [6.07, 6.45) is 0.248. The minimum atomic E-state index is -4.79. The van der Waals surface area contributed by atoms with Gasteiger partial charge < -0.3 is 28.4 Å². The van der Waals surface area contributed by atoms with E-state index in [2.05, 4.69) is 13.2 Å². The fourth-order valence-corrected chi connectivity index (χ4v) is 3.80. The number of methoxy groups -OCH3 is 2. The minimum Gasteiger partial charge on any atom is -0.489 e. The van der Waals surface area contributed by atoms with Crippen LogP contribution in [-0.4, -0.2) is 77.8 Å². The highest BCUT2D eigenvalue weighted by atomic mass is 32.2. The number of esters is 2. The van der Waals surface area contributed by atoms with Crippen molar-refractivity contribution >= 4 is 32.8 Å². The summed E-state index contributed by atoms with van der Waals surface area (Å²) in [5, 5.41) is 0.734.